The SMILES string of the molecule is Cc1cccc2nc(CCl)n(CC3CCCO3)c12. The van der Waals surface area contributed by atoms with E-state index in [0.717, 1.165) is 37.3 Å². The van der Waals surface area contributed by atoms with E-state index in [1.165, 1.54) is 11.1 Å². The first-order chi connectivity index (χ1) is 8.79. The van der Waals surface area contributed by atoms with Gasteiger partial charge in [0.25, 0.3) is 0 Å². The third-order valence-electron chi connectivity index (χ3n) is 3.58. The van der Waals surface area contributed by atoms with E-state index in [-0.39, 0.29) is 0 Å². The van der Waals surface area contributed by atoms with Gasteiger partial charge in [-0.05, 0) is 31.4 Å². The summed E-state index contributed by atoms with van der Waals surface area (Å²) in [7, 11) is 0. The van der Waals surface area contributed by atoms with Crippen molar-refractivity contribution in [3.8, 4) is 0 Å². The lowest BCUT2D eigenvalue weighted by Crippen LogP contribution is -2.16. The molecular formula is C14H17ClN2O. The summed E-state index contributed by atoms with van der Waals surface area (Å²) in [5, 5.41) is 0. The third-order valence-corrected chi connectivity index (χ3v) is 3.82. The van der Waals surface area contributed by atoms with Crippen molar-refractivity contribution >= 4 is 22.6 Å². The maximum Gasteiger partial charge on any atom is 0.124 e. The number of nitrogens with zero attached hydrogens (tertiary/aromatic N) is 2. The van der Waals surface area contributed by atoms with Crippen molar-refractivity contribution < 1.29 is 4.74 Å². The highest BCUT2D eigenvalue weighted by molar-refractivity contribution is 6.16. The molecule has 0 saturated carbocycles. The van der Waals surface area contributed by atoms with E-state index in [1.807, 2.05) is 12.1 Å². The summed E-state index contributed by atoms with van der Waals surface area (Å²) < 4.78 is 7.95. The number of hydrogen-bond donors (Lipinski definition) is 0. The summed E-state index contributed by atoms with van der Waals surface area (Å²) in [6, 6.07) is 6.21. The second-order valence-electron chi connectivity index (χ2n) is 4.85. The molecule has 0 aliphatic carbocycles. The van der Waals surface area contributed by atoms with Gasteiger partial charge in [-0.1, -0.05) is 12.1 Å². The van der Waals surface area contributed by atoms with Crippen LogP contribution in [0.4, 0.5) is 0 Å². The molecule has 1 atom stereocenters. The lowest BCUT2D eigenvalue weighted by Gasteiger charge is -2.14. The molecule has 0 amide bonds. The van der Waals surface area contributed by atoms with Gasteiger partial charge in [-0.15, -0.1) is 11.6 Å². The van der Waals surface area contributed by atoms with Crippen LogP contribution in [0.2, 0.25) is 0 Å². The Balaban J connectivity index is 2.06. The number of imidazole rings is 1. The Morgan fingerprint density at radius 3 is 3.11 bits per heavy atom. The standard InChI is InChI=1S/C14H17ClN2O/c1-10-4-2-6-12-14(10)17(13(8-15)16-12)9-11-5-3-7-18-11/h2,4,6,11H,3,5,7-9H2,1H3. The molecule has 1 unspecified atom stereocenters. The minimum absolute atomic E-state index is 0.309. The predicted molar refractivity (Wildman–Crippen MR) is 73.0 cm³/mol. The van der Waals surface area contributed by atoms with E-state index in [2.05, 4.69) is 22.5 Å². The lowest BCUT2D eigenvalue weighted by atomic mass is 10.2. The molecule has 1 aliphatic rings. The molecule has 18 heavy (non-hydrogen) atoms. The van der Waals surface area contributed by atoms with Crippen molar-refractivity contribution in [2.24, 2.45) is 0 Å². The fraction of sp³-hybridized carbons (Fsp3) is 0.500. The molecule has 1 aromatic carbocycles. The molecule has 0 spiro atoms. The van der Waals surface area contributed by atoms with Crippen LogP contribution in [0.5, 0.6) is 0 Å². The number of aryl methyl sites for hydroxylation is 1. The Hall–Kier alpha value is -1.06. The molecule has 0 radical (unpaired) electrons. The van der Waals surface area contributed by atoms with Gasteiger partial charge in [-0.2, -0.15) is 0 Å². The van der Waals surface area contributed by atoms with Gasteiger partial charge < -0.3 is 9.30 Å². The maximum atomic E-state index is 6.02. The number of ether oxygens (including phenoxy) is 1. The smallest absolute Gasteiger partial charge is 0.124 e. The van der Waals surface area contributed by atoms with Crippen molar-refractivity contribution in [3.05, 3.63) is 29.6 Å². The molecule has 2 aromatic rings. The van der Waals surface area contributed by atoms with E-state index < -0.39 is 0 Å². The van der Waals surface area contributed by atoms with E-state index in [0.29, 0.717) is 12.0 Å². The monoisotopic (exact) mass is 264 g/mol. The molecule has 1 aliphatic heterocycles. The summed E-state index contributed by atoms with van der Waals surface area (Å²) in [6.07, 6.45) is 2.60. The fourth-order valence-corrected chi connectivity index (χ4v) is 2.91. The normalized spacial score (nSPS) is 19.8. The third kappa shape index (κ3) is 2.02. The zero-order chi connectivity index (χ0) is 12.5. The summed E-state index contributed by atoms with van der Waals surface area (Å²) >= 11 is 6.02. The van der Waals surface area contributed by atoms with Crippen molar-refractivity contribution in [3.63, 3.8) is 0 Å². The van der Waals surface area contributed by atoms with Crippen molar-refractivity contribution in [1.82, 2.24) is 9.55 Å². The molecule has 0 bridgehead atoms. The highest BCUT2D eigenvalue weighted by Gasteiger charge is 2.20. The Bertz CT molecular complexity index is 558. The highest BCUT2D eigenvalue weighted by Crippen LogP contribution is 2.24. The summed E-state index contributed by atoms with van der Waals surface area (Å²) in [6.45, 7) is 3.87. The molecule has 0 N–H and O–H groups in total. The van der Waals surface area contributed by atoms with Crippen molar-refractivity contribution in [1.29, 1.82) is 0 Å². The number of benzene rings is 1. The first kappa shape index (κ1) is 12.0. The Labute approximate surface area is 112 Å². The number of aromatic nitrogens is 2. The Morgan fingerprint density at radius 2 is 2.39 bits per heavy atom. The maximum absolute atomic E-state index is 6.02. The van der Waals surface area contributed by atoms with Crippen LogP contribution in [-0.2, 0) is 17.2 Å². The van der Waals surface area contributed by atoms with Gasteiger partial charge in [-0.3, -0.25) is 0 Å². The minimum Gasteiger partial charge on any atom is -0.376 e. The van der Waals surface area contributed by atoms with Crippen LogP contribution in [0.25, 0.3) is 11.0 Å². The zero-order valence-electron chi connectivity index (χ0n) is 10.5. The molecule has 1 fully saturated rings. The zero-order valence-corrected chi connectivity index (χ0v) is 11.3. The first-order valence-corrected chi connectivity index (χ1v) is 6.95. The minimum atomic E-state index is 0.309. The predicted octanol–water partition coefficient (Wildman–Crippen LogP) is 3.26. The number of alkyl halides is 1. The molecule has 1 aromatic heterocycles. The summed E-state index contributed by atoms with van der Waals surface area (Å²) in [5.41, 5.74) is 3.47. The van der Waals surface area contributed by atoms with Gasteiger partial charge in [0.2, 0.25) is 0 Å². The molecular weight excluding hydrogens is 248 g/mol. The topological polar surface area (TPSA) is 27.1 Å². The van der Waals surface area contributed by atoms with Crippen molar-refractivity contribution in [2.45, 2.75) is 38.3 Å². The number of para-hydroxylation sites is 1. The van der Waals surface area contributed by atoms with Gasteiger partial charge in [0.1, 0.15) is 5.82 Å². The van der Waals surface area contributed by atoms with Crippen molar-refractivity contribution in [2.75, 3.05) is 6.61 Å². The largest absolute Gasteiger partial charge is 0.376 e. The molecule has 4 heteroatoms. The van der Waals surface area contributed by atoms with E-state index >= 15 is 0 Å². The van der Waals surface area contributed by atoms with E-state index in [4.69, 9.17) is 16.3 Å². The first-order valence-electron chi connectivity index (χ1n) is 6.42. The van der Waals surface area contributed by atoms with Crippen LogP contribution in [0.3, 0.4) is 0 Å². The van der Waals surface area contributed by atoms with E-state index in [1.54, 1.807) is 0 Å². The number of fused-ring (bicyclic) bond motifs is 1. The van der Waals surface area contributed by atoms with Gasteiger partial charge in [0.05, 0.1) is 29.6 Å². The molecule has 1 saturated heterocycles. The van der Waals surface area contributed by atoms with Gasteiger partial charge in [0, 0.05) is 6.61 Å². The Morgan fingerprint density at radius 1 is 1.50 bits per heavy atom. The van der Waals surface area contributed by atoms with Gasteiger partial charge in [-0.25, -0.2) is 4.98 Å². The summed E-state index contributed by atoms with van der Waals surface area (Å²) in [5.74, 6) is 1.39. The quantitative estimate of drug-likeness (QED) is 0.796. The molecule has 2 heterocycles. The second kappa shape index (κ2) is 4.90. The van der Waals surface area contributed by atoms with Crippen LogP contribution >= 0.6 is 11.6 Å². The molecule has 96 valence electrons. The summed E-state index contributed by atoms with van der Waals surface area (Å²) in [4.78, 5) is 4.61. The molecule has 3 rings (SSSR count). The number of halogens is 1. The average molecular weight is 265 g/mol. The van der Waals surface area contributed by atoms with E-state index in [9.17, 15) is 0 Å². The van der Waals surface area contributed by atoms with Crippen LogP contribution < -0.4 is 0 Å². The second-order valence-corrected chi connectivity index (χ2v) is 5.12. The number of rotatable bonds is 3. The van der Waals surface area contributed by atoms with Gasteiger partial charge in [0.15, 0.2) is 0 Å². The lowest BCUT2D eigenvalue weighted by molar-refractivity contribution is 0.0973. The van der Waals surface area contributed by atoms with Crippen LogP contribution in [0.15, 0.2) is 18.2 Å². The Kier molecular flexibility index (Phi) is 3.27. The van der Waals surface area contributed by atoms with Gasteiger partial charge >= 0.3 is 0 Å². The van der Waals surface area contributed by atoms with Crippen LogP contribution in [0.1, 0.15) is 24.2 Å². The molecule has 3 nitrogen and oxygen atoms in total. The van der Waals surface area contributed by atoms with Crippen LogP contribution in [0, 0.1) is 6.92 Å². The number of hydrogen-bond acceptors (Lipinski definition) is 2. The fourth-order valence-electron chi connectivity index (χ4n) is 2.70. The van der Waals surface area contributed by atoms with Crippen LogP contribution in [-0.4, -0.2) is 22.3 Å². The average Bonchev–Trinajstić information content (AvgIpc) is 2.98. The highest BCUT2D eigenvalue weighted by atomic mass is 35.5.